The van der Waals surface area contributed by atoms with Gasteiger partial charge in [-0.3, -0.25) is 9.69 Å². The standard InChI is InChI=1S/C18H21NO5S2/c1-21-13-7-11(8-14(22-2)16(13)23-3)9-15-17(20)19(18(25)26-15)10-12-5-4-6-24-12/h7-9,12H,4-6,10H2,1-3H3/b15-9-. The zero-order valence-electron chi connectivity index (χ0n) is 14.9. The van der Waals surface area contributed by atoms with Crippen molar-refractivity contribution in [2.24, 2.45) is 0 Å². The van der Waals surface area contributed by atoms with E-state index in [1.54, 1.807) is 44.4 Å². The van der Waals surface area contributed by atoms with Crippen molar-refractivity contribution >= 4 is 40.3 Å². The largest absolute Gasteiger partial charge is 0.493 e. The van der Waals surface area contributed by atoms with Crippen LogP contribution in [0.2, 0.25) is 0 Å². The topological polar surface area (TPSA) is 57.2 Å². The highest BCUT2D eigenvalue weighted by molar-refractivity contribution is 8.26. The minimum absolute atomic E-state index is 0.0676. The van der Waals surface area contributed by atoms with Crippen LogP contribution in [-0.2, 0) is 9.53 Å². The Hall–Kier alpha value is -1.77. The average molecular weight is 396 g/mol. The van der Waals surface area contributed by atoms with Crippen LogP contribution in [-0.4, -0.2) is 55.7 Å². The van der Waals surface area contributed by atoms with Crippen molar-refractivity contribution in [1.82, 2.24) is 4.90 Å². The molecule has 1 unspecified atom stereocenters. The van der Waals surface area contributed by atoms with Crippen LogP contribution in [0, 0.1) is 0 Å². The molecule has 6 nitrogen and oxygen atoms in total. The molecule has 2 aliphatic heterocycles. The van der Waals surface area contributed by atoms with Crippen molar-refractivity contribution in [3.63, 3.8) is 0 Å². The number of carbonyl (C=O) groups excluding carboxylic acids is 1. The lowest BCUT2D eigenvalue weighted by Gasteiger charge is -2.18. The second-order valence-electron chi connectivity index (χ2n) is 5.89. The molecule has 0 bridgehead atoms. The Morgan fingerprint density at radius 1 is 1.27 bits per heavy atom. The second-order valence-corrected chi connectivity index (χ2v) is 7.56. The molecule has 0 radical (unpaired) electrons. The first kappa shape index (κ1) is 19.0. The smallest absolute Gasteiger partial charge is 0.266 e. The van der Waals surface area contributed by atoms with E-state index in [4.69, 9.17) is 31.2 Å². The zero-order chi connectivity index (χ0) is 18.7. The van der Waals surface area contributed by atoms with Gasteiger partial charge in [-0.15, -0.1) is 0 Å². The number of hydrogen-bond acceptors (Lipinski definition) is 7. The van der Waals surface area contributed by atoms with Gasteiger partial charge in [0.25, 0.3) is 5.91 Å². The van der Waals surface area contributed by atoms with Crippen LogP contribution >= 0.6 is 24.0 Å². The van der Waals surface area contributed by atoms with Crippen LogP contribution in [0.3, 0.4) is 0 Å². The summed E-state index contributed by atoms with van der Waals surface area (Å²) in [6.45, 7) is 1.26. The fraction of sp³-hybridized carbons (Fsp3) is 0.444. The monoisotopic (exact) mass is 395 g/mol. The van der Waals surface area contributed by atoms with Crippen LogP contribution in [0.15, 0.2) is 17.0 Å². The van der Waals surface area contributed by atoms with Gasteiger partial charge in [-0.25, -0.2) is 0 Å². The van der Waals surface area contributed by atoms with E-state index in [0.29, 0.717) is 33.0 Å². The summed E-state index contributed by atoms with van der Waals surface area (Å²) in [7, 11) is 4.67. The molecule has 1 atom stereocenters. The maximum Gasteiger partial charge on any atom is 0.266 e. The quantitative estimate of drug-likeness (QED) is 0.542. The van der Waals surface area contributed by atoms with Gasteiger partial charge in [0.15, 0.2) is 11.5 Å². The molecule has 2 saturated heterocycles. The lowest BCUT2D eigenvalue weighted by molar-refractivity contribution is -0.123. The van der Waals surface area contributed by atoms with Crippen molar-refractivity contribution in [1.29, 1.82) is 0 Å². The third-order valence-electron chi connectivity index (χ3n) is 4.27. The molecule has 3 rings (SSSR count). The number of nitrogens with zero attached hydrogens (tertiary/aromatic N) is 1. The lowest BCUT2D eigenvalue weighted by Crippen LogP contribution is -2.35. The van der Waals surface area contributed by atoms with Gasteiger partial charge in [0.1, 0.15) is 4.32 Å². The molecule has 1 amide bonds. The number of thioether (sulfide) groups is 1. The summed E-state index contributed by atoms with van der Waals surface area (Å²) in [5, 5.41) is 0. The Kier molecular flexibility index (Phi) is 6.05. The molecule has 26 heavy (non-hydrogen) atoms. The van der Waals surface area contributed by atoms with Gasteiger partial charge >= 0.3 is 0 Å². The molecule has 0 aliphatic carbocycles. The first-order valence-electron chi connectivity index (χ1n) is 8.24. The molecule has 0 N–H and O–H groups in total. The van der Waals surface area contributed by atoms with Gasteiger partial charge in [-0.2, -0.15) is 0 Å². The minimum atomic E-state index is -0.0933. The highest BCUT2D eigenvalue weighted by Gasteiger charge is 2.34. The third-order valence-corrected chi connectivity index (χ3v) is 5.65. The molecule has 0 saturated carbocycles. The second kappa shape index (κ2) is 8.28. The highest BCUT2D eigenvalue weighted by Crippen LogP contribution is 2.40. The maximum atomic E-state index is 12.7. The van der Waals surface area contributed by atoms with Crippen LogP contribution in [0.1, 0.15) is 18.4 Å². The summed E-state index contributed by atoms with van der Waals surface area (Å²) in [6, 6.07) is 3.60. The fourth-order valence-electron chi connectivity index (χ4n) is 2.99. The van der Waals surface area contributed by atoms with Crippen molar-refractivity contribution in [3.8, 4) is 17.2 Å². The van der Waals surface area contributed by atoms with Crippen molar-refractivity contribution in [2.75, 3.05) is 34.5 Å². The first-order chi connectivity index (χ1) is 12.6. The predicted molar refractivity (Wildman–Crippen MR) is 105 cm³/mol. The Labute approximate surface area is 162 Å². The molecule has 2 fully saturated rings. The fourth-order valence-corrected chi connectivity index (χ4v) is 4.26. The van der Waals surface area contributed by atoms with Gasteiger partial charge in [0, 0.05) is 6.61 Å². The zero-order valence-corrected chi connectivity index (χ0v) is 16.6. The van der Waals surface area contributed by atoms with Crippen LogP contribution in [0.4, 0.5) is 0 Å². The van der Waals surface area contributed by atoms with Gasteiger partial charge in [0.2, 0.25) is 5.75 Å². The van der Waals surface area contributed by atoms with Crippen LogP contribution in [0.5, 0.6) is 17.2 Å². The average Bonchev–Trinajstić information content (AvgIpc) is 3.25. The van der Waals surface area contributed by atoms with E-state index in [1.807, 2.05) is 0 Å². The number of benzene rings is 1. The Morgan fingerprint density at radius 3 is 2.50 bits per heavy atom. The van der Waals surface area contributed by atoms with E-state index in [0.717, 1.165) is 25.0 Å². The normalized spacial score (nSPS) is 21.6. The lowest BCUT2D eigenvalue weighted by atomic mass is 10.1. The first-order valence-corrected chi connectivity index (χ1v) is 9.46. The molecule has 1 aromatic carbocycles. The molecule has 8 heteroatoms. The predicted octanol–water partition coefficient (Wildman–Crippen LogP) is 3.09. The summed E-state index contributed by atoms with van der Waals surface area (Å²) >= 11 is 6.68. The number of ether oxygens (including phenoxy) is 4. The van der Waals surface area contributed by atoms with Gasteiger partial charge < -0.3 is 18.9 Å². The van der Waals surface area contributed by atoms with Crippen LogP contribution < -0.4 is 14.2 Å². The molecular formula is C18H21NO5S2. The molecule has 1 aromatic rings. The van der Waals surface area contributed by atoms with Crippen LogP contribution in [0.25, 0.3) is 6.08 Å². The SMILES string of the molecule is COc1cc(/C=C2\SC(=S)N(CC3CCCO3)C2=O)cc(OC)c1OC. The van der Waals surface area contributed by atoms with E-state index in [2.05, 4.69) is 0 Å². The Bertz CT molecular complexity index is 718. The number of rotatable bonds is 6. The minimum Gasteiger partial charge on any atom is -0.493 e. The van der Waals surface area contributed by atoms with Crippen molar-refractivity contribution in [2.45, 2.75) is 18.9 Å². The number of amides is 1. The summed E-state index contributed by atoms with van der Waals surface area (Å²) in [4.78, 5) is 14.9. The van der Waals surface area contributed by atoms with E-state index in [1.165, 1.54) is 11.8 Å². The maximum absolute atomic E-state index is 12.7. The van der Waals surface area contributed by atoms with Gasteiger partial charge in [0.05, 0.1) is 38.9 Å². The van der Waals surface area contributed by atoms with Gasteiger partial charge in [-0.05, 0) is 36.6 Å². The van der Waals surface area contributed by atoms with E-state index >= 15 is 0 Å². The summed E-state index contributed by atoms with van der Waals surface area (Å²) in [5.41, 5.74) is 0.775. The Balaban J connectivity index is 1.85. The molecule has 0 spiro atoms. The molecule has 140 valence electrons. The van der Waals surface area contributed by atoms with Crippen molar-refractivity contribution in [3.05, 3.63) is 22.6 Å². The van der Waals surface area contributed by atoms with E-state index < -0.39 is 0 Å². The Morgan fingerprint density at radius 2 is 1.96 bits per heavy atom. The van der Waals surface area contributed by atoms with Crippen molar-refractivity contribution < 1.29 is 23.7 Å². The molecule has 0 aromatic heterocycles. The summed E-state index contributed by atoms with van der Waals surface area (Å²) in [5.74, 6) is 1.49. The summed E-state index contributed by atoms with van der Waals surface area (Å²) < 4.78 is 22.2. The molecule has 2 aliphatic rings. The number of methoxy groups -OCH3 is 3. The number of hydrogen-bond donors (Lipinski definition) is 0. The van der Waals surface area contributed by atoms with Gasteiger partial charge in [-0.1, -0.05) is 24.0 Å². The third kappa shape index (κ3) is 3.82. The summed E-state index contributed by atoms with van der Waals surface area (Å²) in [6.07, 6.45) is 3.85. The highest BCUT2D eigenvalue weighted by atomic mass is 32.2. The number of thiocarbonyl (C=S) groups is 1. The molecule has 2 heterocycles. The number of carbonyl (C=O) groups is 1. The van der Waals surface area contributed by atoms with E-state index in [9.17, 15) is 4.79 Å². The molecular weight excluding hydrogens is 374 g/mol. The van der Waals surface area contributed by atoms with E-state index in [-0.39, 0.29) is 12.0 Å².